The van der Waals surface area contributed by atoms with Gasteiger partial charge in [0.1, 0.15) is 5.52 Å². The number of rotatable bonds is 4. The van der Waals surface area contributed by atoms with Crippen molar-refractivity contribution in [2.75, 3.05) is 0 Å². The molecule has 5 heteroatoms. The SMILES string of the molecule is c1ccc2c(c1)nnn2-c1ccncc1CNC1CC1. The minimum Gasteiger partial charge on any atom is -0.310 e. The van der Waals surface area contributed by atoms with Crippen LogP contribution in [0.4, 0.5) is 0 Å². The summed E-state index contributed by atoms with van der Waals surface area (Å²) >= 11 is 0. The molecule has 0 bridgehead atoms. The number of hydrogen-bond acceptors (Lipinski definition) is 4. The molecule has 1 aliphatic rings. The molecule has 0 radical (unpaired) electrons. The van der Waals surface area contributed by atoms with Crippen molar-refractivity contribution in [3.63, 3.8) is 0 Å². The lowest BCUT2D eigenvalue weighted by Gasteiger charge is -2.09. The molecule has 5 nitrogen and oxygen atoms in total. The molecule has 1 saturated carbocycles. The molecule has 4 rings (SSSR count). The molecule has 0 saturated heterocycles. The van der Waals surface area contributed by atoms with Gasteiger partial charge < -0.3 is 5.32 Å². The zero-order valence-electron chi connectivity index (χ0n) is 11.0. The first-order valence-electron chi connectivity index (χ1n) is 6.89. The first-order chi connectivity index (χ1) is 9.92. The van der Waals surface area contributed by atoms with E-state index in [2.05, 4.69) is 20.6 Å². The summed E-state index contributed by atoms with van der Waals surface area (Å²) in [5.41, 5.74) is 4.12. The highest BCUT2D eigenvalue weighted by molar-refractivity contribution is 5.76. The number of para-hydroxylation sites is 1. The van der Waals surface area contributed by atoms with Crippen LogP contribution in [0, 0.1) is 0 Å². The second-order valence-electron chi connectivity index (χ2n) is 5.15. The van der Waals surface area contributed by atoms with Crippen molar-refractivity contribution in [3.05, 3.63) is 48.3 Å². The van der Waals surface area contributed by atoms with E-state index in [9.17, 15) is 0 Å². The van der Waals surface area contributed by atoms with Crippen molar-refractivity contribution in [1.29, 1.82) is 0 Å². The van der Waals surface area contributed by atoms with Crippen LogP contribution in [0.1, 0.15) is 18.4 Å². The lowest BCUT2D eigenvalue weighted by atomic mass is 10.2. The van der Waals surface area contributed by atoms with E-state index in [0.29, 0.717) is 6.04 Å². The Morgan fingerprint density at radius 3 is 3.00 bits per heavy atom. The van der Waals surface area contributed by atoms with Gasteiger partial charge in [-0.2, -0.15) is 0 Å². The fraction of sp³-hybridized carbons (Fsp3) is 0.267. The molecule has 1 fully saturated rings. The number of hydrogen-bond donors (Lipinski definition) is 1. The average molecular weight is 265 g/mol. The molecule has 100 valence electrons. The molecular weight excluding hydrogens is 250 g/mol. The van der Waals surface area contributed by atoms with Crippen LogP contribution >= 0.6 is 0 Å². The summed E-state index contributed by atoms with van der Waals surface area (Å²) in [4.78, 5) is 4.23. The van der Waals surface area contributed by atoms with Crippen LogP contribution in [-0.4, -0.2) is 26.0 Å². The van der Waals surface area contributed by atoms with Crippen molar-refractivity contribution >= 4 is 11.0 Å². The summed E-state index contributed by atoms with van der Waals surface area (Å²) in [5, 5.41) is 12.0. The van der Waals surface area contributed by atoms with Gasteiger partial charge in [0.2, 0.25) is 0 Å². The van der Waals surface area contributed by atoms with Crippen molar-refractivity contribution in [2.24, 2.45) is 0 Å². The van der Waals surface area contributed by atoms with E-state index in [1.807, 2.05) is 41.2 Å². The van der Waals surface area contributed by atoms with Crippen LogP contribution in [0.2, 0.25) is 0 Å². The topological polar surface area (TPSA) is 55.6 Å². The van der Waals surface area contributed by atoms with Gasteiger partial charge in [0.25, 0.3) is 0 Å². The van der Waals surface area contributed by atoms with Gasteiger partial charge in [0.05, 0.1) is 11.2 Å². The lowest BCUT2D eigenvalue weighted by Crippen LogP contribution is -2.17. The highest BCUT2D eigenvalue weighted by Gasteiger charge is 2.21. The summed E-state index contributed by atoms with van der Waals surface area (Å²) in [6.07, 6.45) is 6.26. The Kier molecular flexibility index (Phi) is 2.70. The summed E-state index contributed by atoms with van der Waals surface area (Å²) in [7, 11) is 0. The molecular formula is C15H15N5. The van der Waals surface area contributed by atoms with Crippen LogP contribution in [0.5, 0.6) is 0 Å². The second-order valence-corrected chi connectivity index (χ2v) is 5.15. The van der Waals surface area contributed by atoms with Crippen molar-refractivity contribution < 1.29 is 0 Å². The maximum absolute atomic E-state index is 4.28. The van der Waals surface area contributed by atoms with Crippen molar-refractivity contribution in [2.45, 2.75) is 25.4 Å². The Morgan fingerprint density at radius 2 is 2.10 bits per heavy atom. The molecule has 1 N–H and O–H groups in total. The molecule has 2 heterocycles. The first kappa shape index (κ1) is 11.5. The number of aromatic nitrogens is 4. The van der Waals surface area contributed by atoms with Crippen LogP contribution in [0.25, 0.3) is 16.7 Å². The molecule has 0 atom stereocenters. The standard InChI is InChI=1S/C15H15N5/c1-2-4-15-13(3-1)18-19-20(15)14-7-8-16-9-11(14)10-17-12-5-6-12/h1-4,7-9,12,17H,5-6,10H2. The number of fused-ring (bicyclic) bond motifs is 1. The maximum atomic E-state index is 4.28. The predicted octanol–water partition coefficient (Wildman–Crippen LogP) is 2.07. The molecule has 0 amide bonds. The fourth-order valence-electron chi connectivity index (χ4n) is 2.35. The van der Waals surface area contributed by atoms with Gasteiger partial charge in [-0.05, 0) is 31.0 Å². The number of nitrogens with zero attached hydrogens (tertiary/aromatic N) is 4. The molecule has 1 aromatic carbocycles. The molecule has 3 aromatic rings. The van der Waals surface area contributed by atoms with Gasteiger partial charge in [-0.25, -0.2) is 4.68 Å². The van der Waals surface area contributed by atoms with Crippen molar-refractivity contribution in [1.82, 2.24) is 25.3 Å². The Labute approximate surface area is 116 Å². The highest BCUT2D eigenvalue weighted by atomic mass is 15.4. The zero-order chi connectivity index (χ0) is 13.4. The fourth-order valence-corrected chi connectivity index (χ4v) is 2.35. The third-order valence-electron chi connectivity index (χ3n) is 3.62. The van der Waals surface area contributed by atoms with Gasteiger partial charge in [-0.15, -0.1) is 5.10 Å². The summed E-state index contributed by atoms with van der Waals surface area (Å²) in [6.45, 7) is 0.821. The molecule has 2 aromatic heterocycles. The molecule has 1 aliphatic carbocycles. The van der Waals surface area contributed by atoms with Crippen LogP contribution < -0.4 is 5.32 Å². The minimum absolute atomic E-state index is 0.676. The van der Waals surface area contributed by atoms with Gasteiger partial charge in [-0.1, -0.05) is 17.3 Å². The Bertz CT molecular complexity index is 745. The monoisotopic (exact) mass is 265 g/mol. The summed E-state index contributed by atoms with van der Waals surface area (Å²) < 4.78 is 1.89. The van der Waals surface area contributed by atoms with E-state index in [4.69, 9.17) is 0 Å². The van der Waals surface area contributed by atoms with Gasteiger partial charge in [0, 0.05) is 30.5 Å². The molecule has 0 aliphatic heterocycles. The van der Waals surface area contributed by atoms with Crippen molar-refractivity contribution in [3.8, 4) is 5.69 Å². The smallest absolute Gasteiger partial charge is 0.113 e. The number of pyridine rings is 1. The minimum atomic E-state index is 0.676. The average Bonchev–Trinajstić information content (AvgIpc) is 3.23. The third-order valence-corrected chi connectivity index (χ3v) is 3.62. The van der Waals surface area contributed by atoms with E-state index < -0.39 is 0 Å². The maximum Gasteiger partial charge on any atom is 0.113 e. The predicted molar refractivity (Wildman–Crippen MR) is 76.5 cm³/mol. The molecule has 20 heavy (non-hydrogen) atoms. The Balaban J connectivity index is 1.76. The zero-order valence-corrected chi connectivity index (χ0v) is 11.0. The Hall–Kier alpha value is -2.27. The van der Waals surface area contributed by atoms with Gasteiger partial charge in [0.15, 0.2) is 0 Å². The Morgan fingerprint density at radius 1 is 1.20 bits per heavy atom. The second kappa shape index (κ2) is 4.68. The third kappa shape index (κ3) is 2.06. The molecule has 0 spiro atoms. The largest absolute Gasteiger partial charge is 0.310 e. The van der Waals surface area contributed by atoms with Gasteiger partial charge >= 0.3 is 0 Å². The summed E-state index contributed by atoms with van der Waals surface area (Å²) in [6, 6.07) is 10.7. The van der Waals surface area contributed by atoms with E-state index in [1.54, 1.807) is 6.20 Å². The normalized spacial score (nSPS) is 14.8. The highest BCUT2D eigenvalue weighted by Crippen LogP contribution is 2.22. The summed E-state index contributed by atoms with van der Waals surface area (Å²) in [5.74, 6) is 0. The van der Waals surface area contributed by atoms with E-state index >= 15 is 0 Å². The van der Waals surface area contributed by atoms with Crippen LogP contribution in [-0.2, 0) is 6.54 Å². The molecule has 0 unspecified atom stereocenters. The van der Waals surface area contributed by atoms with E-state index in [-0.39, 0.29) is 0 Å². The quantitative estimate of drug-likeness (QED) is 0.784. The first-order valence-corrected chi connectivity index (χ1v) is 6.89. The number of benzene rings is 1. The van der Waals surface area contributed by atoms with E-state index in [0.717, 1.165) is 28.8 Å². The number of nitrogens with one attached hydrogen (secondary N) is 1. The van der Waals surface area contributed by atoms with Crippen LogP contribution in [0.15, 0.2) is 42.7 Å². The van der Waals surface area contributed by atoms with Gasteiger partial charge in [-0.3, -0.25) is 4.98 Å². The lowest BCUT2D eigenvalue weighted by molar-refractivity contribution is 0.678. The van der Waals surface area contributed by atoms with Crippen LogP contribution in [0.3, 0.4) is 0 Å². The van der Waals surface area contributed by atoms with E-state index in [1.165, 1.54) is 12.8 Å².